The van der Waals surface area contributed by atoms with Crippen LogP contribution in [0.15, 0.2) is 22.7 Å². The molecule has 6 fully saturated rings. The maximum atomic E-state index is 13.3. The van der Waals surface area contributed by atoms with Crippen LogP contribution in [0, 0.1) is 23.7 Å². The van der Waals surface area contributed by atoms with Gasteiger partial charge in [-0.05, 0) is 124 Å². The number of hydrogen-bond donors (Lipinski definition) is 1. The van der Waals surface area contributed by atoms with Crippen LogP contribution in [0.4, 0.5) is 0 Å². The quantitative estimate of drug-likeness (QED) is 0.548. The zero-order valence-corrected chi connectivity index (χ0v) is 25.1. The molecule has 7 aliphatic rings. The predicted octanol–water partition coefficient (Wildman–Crippen LogP) is 4.38. The van der Waals surface area contributed by atoms with E-state index in [4.69, 9.17) is 0 Å². The third kappa shape index (κ3) is 4.99. The Hall–Kier alpha value is -1.44. The van der Waals surface area contributed by atoms with E-state index in [1.807, 2.05) is 0 Å². The second kappa shape index (κ2) is 10.4. The van der Waals surface area contributed by atoms with Gasteiger partial charge in [-0.1, -0.05) is 28.1 Å². The molecule has 39 heavy (non-hydrogen) atoms. The van der Waals surface area contributed by atoms with Crippen LogP contribution in [0.25, 0.3) is 0 Å². The summed E-state index contributed by atoms with van der Waals surface area (Å²) in [6.07, 6.45) is 10.6. The Morgan fingerprint density at radius 2 is 1.62 bits per heavy atom. The standard InChI is InChI=1S/C32H45BrN4O2/c1-35-9-11-37(12-10-35)29(39)18-25-19-32(30-26(25)3-2-4-27(30)33)5-7-36(8-6-32)20-28(38)34-31-23-14-21-13-22(16-23)17-24(31)15-21/h2-4,21-25,31H,5-20H2,1H3,(H,34,38). The molecule has 1 aromatic carbocycles. The zero-order chi connectivity index (χ0) is 26.7. The van der Waals surface area contributed by atoms with Crippen LogP contribution in [0.2, 0.25) is 0 Å². The van der Waals surface area contributed by atoms with Crippen LogP contribution < -0.4 is 5.32 Å². The average molecular weight is 598 g/mol. The van der Waals surface area contributed by atoms with E-state index in [1.54, 1.807) is 0 Å². The third-order valence-corrected chi connectivity index (χ3v) is 12.3. The number of benzene rings is 1. The van der Waals surface area contributed by atoms with E-state index < -0.39 is 0 Å². The minimum absolute atomic E-state index is 0.108. The third-order valence-electron chi connectivity index (χ3n) is 11.7. The molecule has 2 saturated heterocycles. The number of likely N-dealkylation sites (N-methyl/N-ethyl adjacent to an activating group) is 1. The van der Waals surface area contributed by atoms with Crippen molar-refractivity contribution < 1.29 is 9.59 Å². The minimum Gasteiger partial charge on any atom is -0.352 e. The number of carbonyl (C=O) groups excluding carboxylic acids is 2. The molecule has 4 saturated carbocycles. The van der Waals surface area contributed by atoms with Crippen molar-refractivity contribution in [3.63, 3.8) is 0 Å². The van der Waals surface area contributed by atoms with Crippen molar-refractivity contribution in [2.75, 3.05) is 52.9 Å². The molecule has 1 unspecified atom stereocenters. The Morgan fingerprint density at radius 1 is 0.949 bits per heavy atom. The van der Waals surface area contributed by atoms with Crippen molar-refractivity contribution in [3.05, 3.63) is 33.8 Å². The van der Waals surface area contributed by atoms with Crippen molar-refractivity contribution >= 4 is 27.7 Å². The zero-order valence-electron chi connectivity index (χ0n) is 23.5. The lowest BCUT2D eigenvalue weighted by molar-refractivity contribution is -0.133. The highest BCUT2D eigenvalue weighted by Crippen LogP contribution is 2.56. The summed E-state index contributed by atoms with van der Waals surface area (Å²) in [5, 5.41) is 3.52. The highest BCUT2D eigenvalue weighted by molar-refractivity contribution is 9.10. The first kappa shape index (κ1) is 26.5. The average Bonchev–Trinajstić information content (AvgIpc) is 3.21. The van der Waals surface area contributed by atoms with Gasteiger partial charge < -0.3 is 15.1 Å². The van der Waals surface area contributed by atoms with Crippen molar-refractivity contribution in [2.24, 2.45) is 23.7 Å². The lowest BCUT2D eigenvalue weighted by atomic mass is 9.54. The monoisotopic (exact) mass is 596 g/mol. The van der Waals surface area contributed by atoms with Gasteiger partial charge >= 0.3 is 0 Å². The van der Waals surface area contributed by atoms with E-state index >= 15 is 0 Å². The predicted molar refractivity (Wildman–Crippen MR) is 157 cm³/mol. The van der Waals surface area contributed by atoms with E-state index in [0.717, 1.165) is 82.2 Å². The molecule has 1 atom stereocenters. The van der Waals surface area contributed by atoms with Gasteiger partial charge in [0.15, 0.2) is 0 Å². The summed E-state index contributed by atoms with van der Waals surface area (Å²) in [7, 11) is 2.13. The topological polar surface area (TPSA) is 55.9 Å². The molecule has 2 heterocycles. The number of nitrogens with zero attached hydrogens (tertiary/aromatic N) is 3. The summed E-state index contributed by atoms with van der Waals surface area (Å²) < 4.78 is 1.20. The molecule has 1 N–H and O–H groups in total. The first-order chi connectivity index (χ1) is 18.9. The smallest absolute Gasteiger partial charge is 0.234 e. The van der Waals surface area contributed by atoms with Crippen LogP contribution in [-0.2, 0) is 15.0 Å². The molecule has 5 aliphatic carbocycles. The highest BCUT2D eigenvalue weighted by Gasteiger charge is 2.50. The first-order valence-electron chi connectivity index (χ1n) is 15.6. The summed E-state index contributed by atoms with van der Waals surface area (Å²) in [4.78, 5) is 33.3. The molecule has 212 valence electrons. The van der Waals surface area contributed by atoms with E-state index in [9.17, 15) is 9.59 Å². The first-order valence-corrected chi connectivity index (χ1v) is 16.4. The Kier molecular flexibility index (Phi) is 7.08. The molecule has 2 aliphatic heterocycles. The summed E-state index contributed by atoms with van der Waals surface area (Å²) >= 11 is 3.90. The summed E-state index contributed by atoms with van der Waals surface area (Å²) in [6.45, 7) is 6.07. The van der Waals surface area contributed by atoms with Crippen LogP contribution >= 0.6 is 15.9 Å². The Morgan fingerprint density at radius 3 is 2.28 bits per heavy atom. The second-order valence-corrected chi connectivity index (χ2v) is 14.9. The molecule has 1 spiro atoms. The Bertz CT molecular complexity index is 1080. The number of halogens is 1. The maximum absolute atomic E-state index is 13.3. The number of nitrogens with one attached hydrogen (secondary N) is 1. The van der Waals surface area contributed by atoms with Crippen LogP contribution in [0.1, 0.15) is 74.8 Å². The number of hydrogen-bond acceptors (Lipinski definition) is 4. The molecule has 7 heteroatoms. The summed E-state index contributed by atoms with van der Waals surface area (Å²) in [5.41, 5.74) is 2.93. The molecule has 6 nitrogen and oxygen atoms in total. The van der Waals surface area contributed by atoms with Gasteiger partial charge in [0.1, 0.15) is 0 Å². The normalized spacial score (nSPS) is 35.4. The van der Waals surface area contributed by atoms with Gasteiger partial charge in [0.2, 0.25) is 11.8 Å². The van der Waals surface area contributed by atoms with Gasteiger partial charge in [-0.2, -0.15) is 0 Å². The van der Waals surface area contributed by atoms with Gasteiger partial charge in [-0.15, -0.1) is 0 Å². The molecule has 8 rings (SSSR count). The Labute approximate surface area is 242 Å². The van der Waals surface area contributed by atoms with Crippen LogP contribution in [-0.4, -0.2) is 85.4 Å². The Balaban J connectivity index is 0.977. The van der Waals surface area contributed by atoms with Crippen molar-refractivity contribution in [2.45, 2.75) is 75.2 Å². The largest absolute Gasteiger partial charge is 0.352 e. The van der Waals surface area contributed by atoms with Crippen LogP contribution in [0.5, 0.6) is 0 Å². The number of likely N-dealkylation sites (tertiary alicyclic amines) is 1. The molecule has 4 bridgehead atoms. The molecular formula is C32H45BrN4O2. The van der Waals surface area contributed by atoms with Gasteiger partial charge in [0.05, 0.1) is 6.54 Å². The number of carbonyl (C=O) groups is 2. The fourth-order valence-electron chi connectivity index (χ4n) is 9.89. The summed E-state index contributed by atoms with van der Waals surface area (Å²) in [5.74, 6) is 4.18. The number of fused-ring (bicyclic) bond motifs is 2. The lowest BCUT2D eigenvalue weighted by Gasteiger charge is -2.54. The van der Waals surface area contributed by atoms with Crippen molar-refractivity contribution in [3.8, 4) is 0 Å². The molecule has 0 radical (unpaired) electrons. The number of amides is 2. The van der Waals surface area contributed by atoms with E-state index in [1.165, 1.54) is 47.7 Å². The number of piperidine rings is 1. The fourth-order valence-corrected chi connectivity index (χ4v) is 10.7. The molecule has 2 amide bonds. The van der Waals surface area contributed by atoms with Gasteiger partial charge in [0, 0.05) is 43.1 Å². The number of piperazine rings is 1. The van der Waals surface area contributed by atoms with Crippen molar-refractivity contribution in [1.82, 2.24) is 20.0 Å². The molecule has 1 aromatic rings. The maximum Gasteiger partial charge on any atom is 0.234 e. The summed E-state index contributed by atoms with van der Waals surface area (Å²) in [6, 6.07) is 7.01. The lowest BCUT2D eigenvalue weighted by Crippen LogP contribution is -2.57. The molecule has 0 aromatic heterocycles. The van der Waals surface area contributed by atoms with Gasteiger partial charge in [-0.25, -0.2) is 0 Å². The minimum atomic E-state index is 0.108. The van der Waals surface area contributed by atoms with Gasteiger partial charge in [0.25, 0.3) is 0 Å². The number of rotatable bonds is 5. The van der Waals surface area contributed by atoms with E-state index in [2.05, 4.69) is 61.2 Å². The highest BCUT2D eigenvalue weighted by atomic mass is 79.9. The van der Waals surface area contributed by atoms with E-state index in [-0.39, 0.29) is 17.2 Å². The van der Waals surface area contributed by atoms with Gasteiger partial charge in [-0.3, -0.25) is 14.5 Å². The fraction of sp³-hybridized carbons (Fsp3) is 0.750. The van der Waals surface area contributed by atoms with Crippen LogP contribution in [0.3, 0.4) is 0 Å². The van der Waals surface area contributed by atoms with E-state index in [0.29, 0.717) is 24.9 Å². The van der Waals surface area contributed by atoms with Crippen molar-refractivity contribution in [1.29, 1.82) is 0 Å². The second-order valence-electron chi connectivity index (χ2n) is 14.1. The SMILES string of the molecule is CN1CCN(C(=O)CC2CC3(CCN(CC(=O)NC4C5CC6CC(C5)CC4C6)CC3)c3c(Br)cccc32)CC1. The molecular weight excluding hydrogens is 552 g/mol.